The van der Waals surface area contributed by atoms with Crippen molar-refractivity contribution in [2.45, 2.75) is 32.7 Å². The zero-order valence-electron chi connectivity index (χ0n) is 9.66. The minimum absolute atomic E-state index is 0.219. The summed E-state index contributed by atoms with van der Waals surface area (Å²) in [7, 11) is 0. The van der Waals surface area contributed by atoms with Crippen molar-refractivity contribution in [1.82, 2.24) is 5.32 Å². The summed E-state index contributed by atoms with van der Waals surface area (Å²) in [6.07, 6.45) is 2.12. The molecule has 3 N–H and O–H groups in total. The fourth-order valence-electron chi connectivity index (χ4n) is 1.26. The summed E-state index contributed by atoms with van der Waals surface area (Å²) < 4.78 is 5.07. The van der Waals surface area contributed by atoms with Gasteiger partial charge in [0.1, 0.15) is 5.76 Å². The Morgan fingerprint density at radius 3 is 2.69 bits per heavy atom. The highest BCUT2D eigenvalue weighted by molar-refractivity contribution is 7.80. The first-order valence-corrected chi connectivity index (χ1v) is 5.48. The number of hydrogen-bond acceptors (Lipinski definition) is 3. The first-order chi connectivity index (χ1) is 7.40. The summed E-state index contributed by atoms with van der Waals surface area (Å²) in [5.74, 6) is 0.363. The van der Waals surface area contributed by atoms with Gasteiger partial charge in [0, 0.05) is 0 Å². The highest BCUT2D eigenvalue weighted by atomic mass is 32.1. The van der Waals surface area contributed by atoms with Gasteiger partial charge in [-0.25, -0.2) is 0 Å². The number of furan rings is 1. The highest BCUT2D eigenvalue weighted by Gasteiger charge is 2.28. The molecule has 0 bridgehead atoms. The second kappa shape index (κ2) is 4.65. The van der Waals surface area contributed by atoms with Crippen molar-refractivity contribution in [1.29, 1.82) is 0 Å². The van der Waals surface area contributed by atoms with Crippen LogP contribution in [0.5, 0.6) is 0 Å². The van der Waals surface area contributed by atoms with Crippen LogP contribution in [0, 0.1) is 6.92 Å². The smallest absolute Gasteiger partial charge is 0.255 e. The van der Waals surface area contributed by atoms with Crippen LogP contribution in [0.25, 0.3) is 0 Å². The third-order valence-electron chi connectivity index (χ3n) is 2.74. The molecular formula is C11H16N2O2S. The standard InChI is InChI=1S/C11H16N2O2S/c1-4-11(3,10(12)16)13-9(14)8-5-6-15-7(8)2/h5-6H,4H2,1-3H3,(H2,12,16)(H,13,14). The number of carbonyl (C=O) groups is 1. The average molecular weight is 240 g/mol. The molecule has 1 atom stereocenters. The summed E-state index contributed by atoms with van der Waals surface area (Å²) >= 11 is 4.95. The molecule has 0 aliphatic carbocycles. The maximum atomic E-state index is 11.9. The van der Waals surface area contributed by atoms with Gasteiger partial charge in [-0.05, 0) is 26.3 Å². The van der Waals surface area contributed by atoms with E-state index in [1.807, 2.05) is 13.8 Å². The van der Waals surface area contributed by atoms with Crippen molar-refractivity contribution in [3.63, 3.8) is 0 Å². The lowest BCUT2D eigenvalue weighted by atomic mass is 9.98. The zero-order chi connectivity index (χ0) is 12.3. The molecule has 1 heterocycles. The van der Waals surface area contributed by atoms with Gasteiger partial charge in [0.15, 0.2) is 0 Å². The number of aryl methyl sites for hydroxylation is 1. The van der Waals surface area contributed by atoms with Crippen molar-refractivity contribution in [3.8, 4) is 0 Å². The van der Waals surface area contributed by atoms with Crippen LogP contribution in [0.15, 0.2) is 16.7 Å². The van der Waals surface area contributed by atoms with Gasteiger partial charge in [0.05, 0.1) is 22.4 Å². The second-order valence-corrected chi connectivity index (χ2v) is 4.33. The molecule has 0 radical (unpaired) electrons. The molecule has 1 aromatic heterocycles. The third kappa shape index (κ3) is 2.41. The monoisotopic (exact) mass is 240 g/mol. The van der Waals surface area contributed by atoms with Crippen LogP contribution in [0.4, 0.5) is 0 Å². The number of amides is 1. The van der Waals surface area contributed by atoms with Gasteiger partial charge in [-0.3, -0.25) is 4.79 Å². The highest BCUT2D eigenvalue weighted by Crippen LogP contribution is 2.14. The molecule has 4 nitrogen and oxygen atoms in total. The Kier molecular flexibility index (Phi) is 3.70. The quantitative estimate of drug-likeness (QED) is 0.787. The summed E-state index contributed by atoms with van der Waals surface area (Å²) in [4.78, 5) is 12.2. The molecule has 0 aliphatic heterocycles. The molecule has 0 spiro atoms. The Morgan fingerprint density at radius 2 is 2.31 bits per heavy atom. The van der Waals surface area contributed by atoms with Crippen molar-refractivity contribution in [2.24, 2.45) is 5.73 Å². The Labute approximate surface area is 100 Å². The molecule has 0 aliphatic rings. The predicted octanol–water partition coefficient (Wildman–Crippen LogP) is 1.77. The molecule has 1 unspecified atom stereocenters. The largest absolute Gasteiger partial charge is 0.469 e. The first kappa shape index (κ1) is 12.7. The minimum Gasteiger partial charge on any atom is -0.469 e. The lowest BCUT2D eigenvalue weighted by Gasteiger charge is -2.28. The molecule has 88 valence electrons. The lowest BCUT2D eigenvalue weighted by Crippen LogP contribution is -2.54. The first-order valence-electron chi connectivity index (χ1n) is 5.07. The minimum atomic E-state index is -0.657. The predicted molar refractivity (Wildman–Crippen MR) is 66.4 cm³/mol. The lowest BCUT2D eigenvalue weighted by molar-refractivity contribution is 0.0925. The van der Waals surface area contributed by atoms with E-state index in [0.29, 0.717) is 17.7 Å². The molecule has 1 amide bonds. The zero-order valence-corrected chi connectivity index (χ0v) is 10.5. The van der Waals surface area contributed by atoms with Crippen LogP contribution in [0.3, 0.4) is 0 Å². The van der Waals surface area contributed by atoms with Gasteiger partial charge < -0.3 is 15.5 Å². The number of rotatable bonds is 4. The number of thiocarbonyl (C=S) groups is 1. The van der Waals surface area contributed by atoms with E-state index in [-0.39, 0.29) is 10.9 Å². The normalized spacial score (nSPS) is 14.2. The van der Waals surface area contributed by atoms with E-state index >= 15 is 0 Å². The summed E-state index contributed by atoms with van der Waals surface area (Å²) in [5.41, 5.74) is 5.47. The van der Waals surface area contributed by atoms with Crippen LogP contribution in [0.1, 0.15) is 36.4 Å². The van der Waals surface area contributed by atoms with E-state index in [0.717, 1.165) is 0 Å². The Morgan fingerprint density at radius 1 is 1.69 bits per heavy atom. The van der Waals surface area contributed by atoms with E-state index in [2.05, 4.69) is 5.32 Å². The summed E-state index contributed by atoms with van der Waals surface area (Å²) in [5, 5.41) is 2.82. The number of nitrogens with one attached hydrogen (secondary N) is 1. The van der Waals surface area contributed by atoms with Crippen molar-refractivity contribution in [2.75, 3.05) is 0 Å². The summed E-state index contributed by atoms with van der Waals surface area (Å²) in [6.45, 7) is 5.46. The van der Waals surface area contributed by atoms with E-state index < -0.39 is 5.54 Å². The molecule has 0 saturated carbocycles. The number of hydrogen-bond donors (Lipinski definition) is 2. The molecule has 1 rings (SSSR count). The molecular weight excluding hydrogens is 224 g/mol. The van der Waals surface area contributed by atoms with Gasteiger partial charge in [0.2, 0.25) is 0 Å². The van der Waals surface area contributed by atoms with E-state index in [1.54, 1.807) is 13.0 Å². The average Bonchev–Trinajstić information content (AvgIpc) is 2.64. The summed E-state index contributed by atoms with van der Waals surface area (Å²) in [6, 6.07) is 1.63. The van der Waals surface area contributed by atoms with Gasteiger partial charge in [0.25, 0.3) is 5.91 Å². The number of nitrogens with two attached hydrogens (primary N) is 1. The van der Waals surface area contributed by atoms with Gasteiger partial charge in [-0.15, -0.1) is 0 Å². The topological polar surface area (TPSA) is 68.3 Å². The van der Waals surface area contributed by atoms with E-state index in [4.69, 9.17) is 22.4 Å². The second-order valence-electron chi connectivity index (χ2n) is 3.89. The van der Waals surface area contributed by atoms with E-state index in [9.17, 15) is 4.79 Å². The van der Waals surface area contributed by atoms with Gasteiger partial charge in [-0.2, -0.15) is 0 Å². The van der Waals surface area contributed by atoms with Crippen molar-refractivity contribution >= 4 is 23.1 Å². The van der Waals surface area contributed by atoms with Gasteiger partial charge >= 0.3 is 0 Å². The fourth-order valence-corrected chi connectivity index (χ4v) is 1.46. The molecule has 0 saturated heterocycles. The molecule has 1 aromatic rings. The van der Waals surface area contributed by atoms with Crippen LogP contribution >= 0.6 is 12.2 Å². The van der Waals surface area contributed by atoms with E-state index in [1.165, 1.54) is 6.26 Å². The molecule has 0 aromatic carbocycles. The number of carbonyl (C=O) groups excluding carboxylic acids is 1. The Hall–Kier alpha value is -1.36. The van der Waals surface area contributed by atoms with Crippen LogP contribution in [-0.2, 0) is 0 Å². The Bertz CT molecular complexity index is 414. The SMILES string of the molecule is CCC(C)(NC(=O)c1ccoc1C)C(N)=S. The molecule has 5 heteroatoms. The van der Waals surface area contributed by atoms with Gasteiger partial charge in [-0.1, -0.05) is 19.1 Å². The maximum Gasteiger partial charge on any atom is 0.255 e. The van der Waals surface area contributed by atoms with Crippen LogP contribution in [0.2, 0.25) is 0 Å². The Balaban J connectivity index is 2.86. The van der Waals surface area contributed by atoms with Crippen LogP contribution < -0.4 is 11.1 Å². The van der Waals surface area contributed by atoms with Crippen molar-refractivity contribution < 1.29 is 9.21 Å². The van der Waals surface area contributed by atoms with Crippen molar-refractivity contribution in [3.05, 3.63) is 23.7 Å². The van der Waals surface area contributed by atoms with Crippen LogP contribution in [-0.4, -0.2) is 16.4 Å². The maximum absolute atomic E-state index is 11.9. The fraction of sp³-hybridized carbons (Fsp3) is 0.455. The molecule has 0 fully saturated rings. The third-order valence-corrected chi connectivity index (χ3v) is 3.19. The molecule has 16 heavy (non-hydrogen) atoms.